The van der Waals surface area contributed by atoms with Crippen LogP contribution in [0.4, 0.5) is 0 Å². The van der Waals surface area contributed by atoms with E-state index in [4.69, 9.17) is 9.15 Å². The van der Waals surface area contributed by atoms with Crippen molar-refractivity contribution < 1.29 is 13.9 Å². The van der Waals surface area contributed by atoms with E-state index in [-0.39, 0.29) is 6.61 Å². The summed E-state index contributed by atoms with van der Waals surface area (Å²) >= 11 is 1.60. The van der Waals surface area contributed by atoms with E-state index in [1.54, 1.807) is 41.8 Å². The van der Waals surface area contributed by atoms with E-state index in [1.165, 1.54) is 0 Å². The van der Waals surface area contributed by atoms with Crippen molar-refractivity contribution in [2.75, 3.05) is 0 Å². The topological polar surface area (TPSA) is 52.3 Å². The van der Waals surface area contributed by atoms with Gasteiger partial charge in [0.05, 0.1) is 11.1 Å². The van der Waals surface area contributed by atoms with Crippen molar-refractivity contribution >= 4 is 17.6 Å². The van der Waals surface area contributed by atoms with Gasteiger partial charge in [0.25, 0.3) is 0 Å². The fraction of sp³-hybridized carbons (Fsp3) is 0.0667. The lowest BCUT2D eigenvalue weighted by Crippen LogP contribution is -1.95. The predicted molar refractivity (Wildman–Crippen MR) is 76.0 cm³/mol. The van der Waals surface area contributed by atoms with E-state index in [0.29, 0.717) is 17.2 Å². The molecule has 0 aliphatic carbocycles. The Morgan fingerprint density at radius 2 is 2.10 bits per heavy atom. The quantitative estimate of drug-likeness (QED) is 0.669. The Morgan fingerprint density at radius 3 is 2.80 bits per heavy atom. The van der Waals surface area contributed by atoms with Crippen molar-refractivity contribution in [2.24, 2.45) is 0 Å². The van der Waals surface area contributed by atoms with Crippen LogP contribution in [-0.4, -0.2) is 11.3 Å². The maximum Gasteiger partial charge on any atom is 0.232 e. The van der Waals surface area contributed by atoms with Crippen LogP contribution in [0.25, 0.3) is 10.6 Å². The Balaban J connectivity index is 1.64. The maximum absolute atomic E-state index is 10.5. The Hall–Kier alpha value is -2.40. The lowest BCUT2D eigenvalue weighted by Gasteiger charge is -2.03. The first-order valence-corrected chi connectivity index (χ1v) is 6.90. The van der Waals surface area contributed by atoms with Gasteiger partial charge in [0.15, 0.2) is 12.4 Å². The number of carbonyl (C=O) groups excluding carboxylic acids is 1. The van der Waals surface area contributed by atoms with Gasteiger partial charge in [-0.25, -0.2) is 4.98 Å². The molecule has 2 heterocycles. The molecule has 0 aliphatic rings. The maximum atomic E-state index is 10.5. The second kappa shape index (κ2) is 5.71. The summed E-state index contributed by atoms with van der Waals surface area (Å²) in [6.07, 6.45) is 2.49. The highest BCUT2D eigenvalue weighted by Crippen LogP contribution is 2.25. The molecule has 0 unspecified atom stereocenters. The van der Waals surface area contributed by atoms with E-state index >= 15 is 0 Å². The molecule has 0 saturated heterocycles. The lowest BCUT2D eigenvalue weighted by molar-refractivity contribution is 0.112. The van der Waals surface area contributed by atoms with Crippen molar-refractivity contribution in [3.8, 4) is 16.4 Å². The number of ether oxygens (including phenoxy) is 1. The fourth-order valence-electron chi connectivity index (χ4n) is 1.70. The van der Waals surface area contributed by atoms with Gasteiger partial charge in [0, 0.05) is 5.56 Å². The molecule has 1 aromatic carbocycles. The molecule has 4 nitrogen and oxygen atoms in total. The third kappa shape index (κ3) is 2.78. The van der Waals surface area contributed by atoms with E-state index in [2.05, 4.69) is 4.98 Å². The summed E-state index contributed by atoms with van der Waals surface area (Å²) in [6, 6.07) is 10.8. The van der Waals surface area contributed by atoms with Crippen molar-refractivity contribution in [3.63, 3.8) is 0 Å². The van der Waals surface area contributed by atoms with Crippen molar-refractivity contribution in [2.45, 2.75) is 6.61 Å². The Bertz CT molecular complexity index is 686. The number of nitrogens with zero attached hydrogens (tertiary/aromatic N) is 1. The molecule has 3 aromatic rings. The SMILES string of the molecule is O=Cc1ccc(OCc2ncc(-c3cccs3)o2)cc1. The highest BCUT2D eigenvalue weighted by atomic mass is 32.1. The third-order valence-electron chi connectivity index (χ3n) is 2.70. The molecular weight excluding hydrogens is 274 g/mol. The highest BCUT2D eigenvalue weighted by Gasteiger charge is 2.07. The summed E-state index contributed by atoms with van der Waals surface area (Å²) < 4.78 is 11.2. The molecule has 0 bridgehead atoms. The highest BCUT2D eigenvalue weighted by molar-refractivity contribution is 7.13. The molecule has 0 radical (unpaired) electrons. The number of thiophene rings is 1. The summed E-state index contributed by atoms with van der Waals surface area (Å²) in [5, 5.41) is 1.99. The van der Waals surface area contributed by atoms with E-state index in [0.717, 1.165) is 16.9 Å². The van der Waals surface area contributed by atoms with Crippen LogP contribution in [-0.2, 0) is 6.61 Å². The second-order valence-corrected chi connectivity index (χ2v) is 5.02. The summed E-state index contributed by atoms with van der Waals surface area (Å²) in [7, 11) is 0. The Morgan fingerprint density at radius 1 is 1.25 bits per heavy atom. The average molecular weight is 285 g/mol. The smallest absolute Gasteiger partial charge is 0.232 e. The zero-order valence-electron chi connectivity index (χ0n) is 10.5. The molecule has 0 spiro atoms. The number of carbonyl (C=O) groups is 1. The minimum Gasteiger partial charge on any atom is -0.484 e. The number of rotatable bonds is 5. The van der Waals surface area contributed by atoms with Gasteiger partial charge in [-0.05, 0) is 35.7 Å². The first kappa shape index (κ1) is 12.6. The summed E-state index contributed by atoms with van der Waals surface area (Å²) in [5.74, 6) is 1.94. The molecule has 0 saturated carbocycles. The molecule has 0 atom stereocenters. The Kier molecular flexibility index (Phi) is 3.60. The van der Waals surface area contributed by atoms with Crippen LogP contribution in [0.1, 0.15) is 16.2 Å². The minimum atomic E-state index is 0.256. The first-order valence-electron chi connectivity index (χ1n) is 6.02. The van der Waals surface area contributed by atoms with Gasteiger partial charge in [0.2, 0.25) is 5.89 Å². The van der Waals surface area contributed by atoms with Gasteiger partial charge < -0.3 is 9.15 Å². The molecule has 3 rings (SSSR count). The van der Waals surface area contributed by atoms with Gasteiger partial charge in [-0.15, -0.1) is 11.3 Å². The molecule has 20 heavy (non-hydrogen) atoms. The zero-order valence-corrected chi connectivity index (χ0v) is 11.3. The average Bonchev–Trinajstić information content (AvgIpc) is 3.16. The van der Waals surface area contributed by atoms with E-state index in [1.807, 2.05) is 17.5 Å². The van der Waals surface area contributed by atoms with Crippen LogP contribution in [0.3, 0.4) is 0 Å². The number of hydrogen-bond acceptors (Lipinski definition) is 5. The van der Waals surface area contributed by atoms with E-state index in [9.17, 15) is 4.79 Å². The number of benzene rings is 1. The van der Waals surface area contributed by atoms with Crippen LogP contribution >= 0.6 is 11.3 Å². The van der Waals surface area contributed by atoms with Gasteiger partial charge in [0.1, 0.15) is 12.0 Å². The minimum absolute atomic E-state index is 0.256. The van der Waals surface area contributed by atoms with Crippen LogP contribution in [0.5, 0.6) is 5.75 Å². The van der Waals surface area contributed by atoms with E-state index < -0.39 is 0 Å². The van der Waals surface area contributed by atoms with Gasteiger partial charge in [-0.2, -0.15) is 0 Å². The predicted octanol–water partition coefficient (Wildman–Crippen LogP) is 3.79. The van der Waals surface area contributed by atoms with Gasteiger partial charge >= 0.3 is 0 Å². The number of oxazole rings is 1. The molecule has 100 valence electrons. The standard InChI is InChI=1S/C15H11NO3S/c17-9-11-3-5-12(6-4-11)18-10-15-16-8-13(19-15)14-2-1-7-20-14/h1-9H,10H2. The molecular formula is C15H11NO3S. The summed E-state index contributed by atoms with van der Waals surface area (Å²) in [4.78, 5) is 15.8. The lowest BCUT2D eigenvalue weighted by atomic mass is 10.2. The summed E-state index contributed by atoms with van der Waals surface area (Å²) in [5.41, 5.74) is 0.619. The van der Waals surface area contributed by atoms with Gasteiger partial charge in [-0.1, -0.05) is 6.07 Å². The van der Waals surface area contributed by atoms with Crippen LogP contribution in [0.15, 0.2) is 52.4 Å². The van der Waals surface area contributed by atoms with Crippen LogP contribution in [0, 0.1) is 0 Å². The van der Waals surface area contributed by atoms with Crippen molar-refractivity contribution in [1.82, 2.24) is 4.98 Å². The molecule has 0 amide bonds. The van der Waals surface area contributed by atoms with Crippen LogP contribution < -0.4 is 4.74 Å². The molecule has 5 heteroatoms. The van der Waals surface area contributed by atoms with Gasteiger partial charge in [-0.3, -0.25) is 4.79 Å². The molecule has 0 N–H and O–H groups in total. The molecule has 2 aromatic heterocycles. The summed E-state index contributed by atoms with van der Waals surface area (Å²) in [6.45, 7) is 0.256. The largest absolute Gasteiger partial charge is 0.484 e. The molecule has 0 aliphatic heterocycles. The number of aldehydes is 1. The number of aromatic nitrogens is 1. The Labute approximate surface area is 119 Å². The monoisotopic (exact) mass is 285 g/mol. The second-order valence-electron chi connectivity index (χ2n) is 4.07. The van der Waals surface area contributed by atoms with Crippen LogP contribution in [0.2, 0.25) is 0 Å². The first-order chi connectivity index (χ1) is 9.85. The number of hydrogen-bond donors (Lipinski definition) is 0. The van der Waals surface area contributed by atoms with Crippen molar-refractivity contribution in [1.29, 1.82) is 0 Å². The third-order valence-corrected chi connectivity index (χ3v) is 3.58. The fourth-order valence-corrected chi connectivity index (χ4v) is 2.37. The normalized spacial score (nSPS) is 10.4. The molecule has 0 fully saturated rings. The van der Waals surface area contributed by atoms with Crippen molar-refractivity contribution in [3.05, 3.63) is 59.4 Å². The zero-order chi connectivity index (χ0) is 13.8.